The van der Waals surface area contributed by atoms with Crippen molar-refractivity contribution in [3.63, 3.8) is 0 Å². The van der Waals surface area contributed by atoms with Crippen LogP contribution in [0.25, 0.3) is 0 Å². The van der Waals surface area contributed by atoms with Gasteiger partial charge in [-0.2, -0.15) is 4.98 Å². The maximum Gasteiger partial charge on any atom is 0.326 e. The number of rotatable bonds is 6. The maximum atomic E-state index is 13.9. The van der Waals surface area contributed by atoms with Crippen LogP contribution in [0, 0.1) is 0 Å². The quantitative estimate of drug-likeness (QED) is 0.635. The molecule has 192 valence electrons. The van der Waals surface area contributed by atoms with E-state index in [1.807, 2.05) is 46.2 Å². The van der Waals surface area contributed by atoms with Crippen LogP contribution in [-0.2, 0) is 11.3 Å². The highest BCUT2D eigenvalue weighted by Crippen LogP contribution is 2.40. The van der Waals surface area contributed by atoms with Gasteiger partial charge in [0.1, 0.15) is 11.6 Å². The lowest BCUT2D eigenvalue weighted by Gasteiger charge is -2.43. The fourth-order valence-corrected chi connectivity index (χ4v) is 5.58. The van der Waals surface area contributed by atoms with Crippen molar-refractivity contribution < 1.29 is 19.1 Å². The number of hydrazine groups is 1. The summed E-state index contributed by atoms with van der Waals surface area (Å²) in [6.07, 6.45) is 1.43. The van der Waals surface area contributed by atoms with E-state index in [-0.39, 0.29) is 23.4 Å². The van der Waals surface area contributed by atoms with E-state index in [0.717, 1.165) is 30.0 Å². The number of carbonyl (C=O) groups excluding carboxylic acids is 2. The Morgan fingerprint density at radius 1 is 1.11 bits per heavy atom. The fourth-order valence-electron chi connectivity index (χ4n) is 5.58. The van der Waals surface area contributed by atoms with Gasteiger partial charge in [0.15, 0.2) is 0 Å². The lowest BCUT2D eigenvalue weighted by Crippen LogP contribution is -2.54. The SMILES string of the molecule is COc1cccc(CN2C(=O)N(c3ccc(C4CNNC4)c(OC)n3)CC23CCN(C(C)=O)CC3)c1. The van der Waals surface area contributed by atoms with Crippen LogP contribution >= 0.6 is 0 Å². The molecule has 0 atom stereocenters. The van der Waals surface area contributed by atoms with Crippen molar-refractivity contribution in [3.8, 4) is 11.6 Å². The van der Waals surface area contributed by atoms with Crippen molar-refractivity contribution in [1.29, 1.82) is 0 Å². The number of methoxy groups -OCH3 is 2. The summed E-state index contributed by atoms with van der Waals surface area (Å²) in [4.78, 5) is 36.3. The molecule has 3 fully saturated rings. The molecule has 2 aromatic rings. The Hall–Kier alpha value is -3.37. The number of hydrogen-bond acceptors (Lipinski definition) is 7. The molecule has 36 heavy (non-hydrogen) atoms. The van der Waals surface area contributed by atoms with E-state index in [0.29, 0.717) is 50.7 Å². The zero-order valence-electron chi connectivity index (χ0n) is 21.1. The van der Waals surface area contributed by atoms with Crippen molar-refractivity contribution in [2.24, 2.45) is 0 Å². The molecular formula is C26H34N6O4. The topological polar surface area (TPSA) is 99.3 Å². The van der Waals surface area contributed by atoms with Gasteiger partial charge >= 0.3 is 6.03 Å². The van der Waals surface area contributed by atoms with E-state index in [9.17, 15) is 9.59 Å². The normalized spacial score (nSPS) is 19.9. The average Bonchev–Trinajstić information content (AvgIpc) is 3.52. The second-order valence-corrected chi connectivity index (χ2v) is 9.76. The van der Waals surface area contributed by atoms with Gasteiger partial charge in [0.2, 0.25) is 11.8 Å². The van der Waals surface area contributed by atoms with Gasteiger partial charge in [0, 0.05) is 51.1 Å². The smallest absolute Gasteiger partial charge is 0.326 e. The lowest BCUT2D eigenvalue weighted by atomic mass is 9.86. The molecule has 1 aromatic heterocycles. The number of likely N-dealkylation sites (tertiary alicyclic amines) is 1. The molecule has 0 unspecified atom stereocenters. The number of benzene rings is 1. The monoisotopic (exact) mass is 494 g/mol. The second kappa shape index (κ2) is 9.94. The Labute approximate surface area is 211 Å². The molecule has 0 saturated carbocycles. The molecule has 3 amide bonds. The Bertz CT molecular complexity index is 1130. The summed E-state index contributed by atoms with van der Waals surface area (Å²) in [6.45, 7) is 5.43. The van der Waals surface area contributed by atoms with Crippen molar-refractivity contribution >= 4 is 17.8 Å². The summed E-state index contributed by atoms with van der Waals surface area (Å²) in [5.41, 5.74) is 7.92. The largest absolute Gasteiger partial charge is 0.497 e. The van der Waals surface area contributed by atoms with Gasteiger partial charge in [-0.1, -0.05) is 12.1 Å². The van der Waals surface area contributed by atoms with Crippen molar-refractivity contribution in [1.82, 2.24) is 25.6 Å². The minimum atomic E-state index is -0.390. The van der Waals surface area contributed by atoms with Crippen molar-refractivity contribution in [3.05, 3.63) is 47.5 Å². The van der Waals surface area contributed by atoms with Gasteiger partial charge in [-0.25, -0.2) is 4.79 Å². The molecule has 0 aliphatic carbocycles. The number of ether oxygens (including phenoxy) is 2. The van der Waals surface area contributed by atoms with Crippen LogP contribution in [0.5, 0.6) is 11.6 Å². The summed E-state index contributed by atoms with van der Waals surface area (Å²) in [6, 6.07) is 11.7. The molecule has 10 heteroatoms. The van der Waals surface area contributed by atoms with E-state index in [4.69, 9.17) is 14.5 Å². The summed E-state index contributed by atoms with van der Waals surface area (Å²) < 4.78 is 11.0. The van der Waals surface area contributed by atoms with Crippen LogP contribution in [0.3, 0.4) is 0 Å². The molecule has 0 radical (unpaired) electrons. The van der Waals surface area contributed by atoms with E-state index in [1.165, 1.54) is 0 Å². The molecule has 0 bridgehead atoms. The maximum absolute atomic E-state index is 13.9. The first-order valence-electron chi connectivity index (χ1n) is 12.4. The summed E-state index contributed by atoms with van der Waals surface area (Å²) in [5.74, 6) is 2.21. The van der Waals surface area contributed by atoms with Crippen LogP contribution in [0.15, 0.2) is 36.4 Å². The molecule has 4 heterocycles. The number of anilines is 1. The highest BCUT2D eigenvalue weighted by atomic mass is 16.5. The fraction of sp³-hybridized carbons (Fsp3) is 0.500. The number of pyridine rings is 1. The third-order valence-electron chi connectivity index (χ3n) is 7.71. The average molecular weight is 495 g/mol. The zero-order valence-corrected chi connectivity index (χ0v) is 21.1. The van der Waals surface area contributed by atoms with Gasteiger partial charge in [0.05, 0.1) is 26.3 Å². The molecule has 3 aliphatic rings. The molecule has 1 aromatic carbocycles. The number of nitrogens with zero attached hydrogens (tertiary/aromatic N) is 4. The molecular weight excluding hydrogens is 460 g/mol. The number of aromatic nitrogens is 1. The number of hydrogen-bond donors (Lipinski definition) is 2. The number of urea groups is 1. The summed E-state index contributed by atoms with van der Waals surface area (Å²) in [5, 5.41) is 0. The van der Waals surface area contributed by atoms with Gasteiger partial charge in [-0.05, 0) is 42.7 Å². The lowest BCUT2D eigenvalue weighted by molar-refractivity contribution is -0.131. The van der Waals surface area contributed by atoms with Crippen molar-refractivity contribution in [2.75, 3.05) is 51.8 Å². The van der Waals surface area contributed by atoms with E-state index in [2.05, 4.69) is 10.9 Å². The van der Waals surface area contributed by atoms with E-state index >= 15 is 0 Å². The van der Waals surface area contributed by atoms with Crippen molar-refractivity contribution in [2.45, 2.75) is 37.8 Å². The molecule has 1 spiro atoms. The Morgan fingerprint density at radius 2 is 1.86 bits per heavy atom. The van der Waals surface area contributed by atoms with E-state index in [1.54, 1.807) is 26.0 Å². The third kappa shape index (κ3) is 4.46. The predicted octanol–water partition coefficient (Wildman–Crippen LogP) is 2.11. The Balaban J connectivity index is 1.46. The number of amides is 3. The molecule has 3 saturated heterocycles. The highest BCUT2D eigenvalue weighted by molar-refractivity contribution is 5.94. The first-order valence-corrected chi connectivity index (χ1v) is 12.4. The third-order valence-corrected chi connectivity index (χ3v) is 7.71. The number of piperidine rings is 1. The first-order chi connectivity index (χ1) is 17.4. The molecule has 2 N–H and O–H groups in total. The van der Waals surface area contributed by atoms with Crippen LogP contribution < -0.4 is 25.2 Å². The minimum Gasteiger partial charge on any atom is -0.497 e. The molecule has 5 rings (SSSR count). The number of carbonyl (C=O) groups is 2. The molecule has 10 nitrogen and oxygen atoms in total. The predicted molar refractivity (Wildman–Crippen MR) is 135 cm³/mol. The highest BCUT2D eigenvalue weighted by Gasteiger charge is 2.52. The van der Waals surface area contributed by atoms with Crippen LogP contribution in [-0.4, -0.2) is 79.2 Å². The Morgan fingerprint density at radius 3 is 2.53 bits per heavy atom. The van der Waals surface area contributed by atoms with E-state index < -0.39 is 0 Å². The zero-order chi connectivity index (χ0) is 25.3. The van der Waals surface area contributed by atoms with Gasteiger partial charge in [0.25, 0.3) is 0 Å². The van der Waals surface area contributed by atoms with Crippen LogP contribution in [0.4, 0.5) is 10.6 Å². The van der Waals surface area contributed by atoms with Crippen LogP contribution in [0.1, 0.15) is 36.8 Å². The van der Waals surface area contributed by atoms with Gasteiger partial charge in [-0.15, -0.1) is 0 Å². The first kappa shape index (κ1) is 24.3. The minimum absolute atomic E-state index is 0.0725. The van der Waals surface area contributed by atoms with Gasteiger partial charge in [-0.3, -0.25) is 20.5 Å². The number of nitrogens with one attached hydrogen (secondary N) is 2. The van der Waals surface area contributed by atoms with Gasteiger partial charge < -0.3 is 19.3 Å². The molecule has 3 aliphatic heterocycles. The summed E-state index contributed by atoms with van der Waals surface area (Å²) in [7, 11) is 3.26. The standard InChI is InChI=1S/C26H34N6O4/c1-18(33)30-11-9-26(10-12-30)17-31(25(34)32(26)16-19-5-4-6-21(13-19)35-2)23-8-7-22(24(29-23)36-3)20-14-27-28-15-20/h4-8,13,20,27-28H,9-12,14-17H2,1-3H3. The van der Waals surface area contributed by atoms with Crippen LogP contribution in [0.2, 0.25) is 0 Å². The summed E-state index contributed by atoms with van der Waals surface area (Å²) >= 11 is 0. The Kier molecular flexibility index (Phi) is 6.72. The second-order valence-electron chi connectivity index (χ2n) is 9.76.